The number of allylic oxidation sites excluding steroid dienone is 1. The van der Waals surface area contributed by atoms with Crippen LogP contribution < -0.4 is 5.56 Å². The Kier molecular flexibility index (Phi) is 3.62. The summed E-state index contributed by atoms with van der Waals surface area (Å²) in [5, 5.41) is 3.85. The first kappa shape index (κ1) is 12.2. The molecule has 0 aliphatic carbocycles. The van der Waals surface area contributed by atoms with E-state index in [-0.39, 0.29) is 17.7 Å². The van der Waals surface area contributed by atoms with E-state index in [1.165, 1.54) is 35.2 Å². The van der Waals surface area contributed by atoms with Crippen LogP contribution in [0.15, 0.2) is 47.4 Å². The van der Waals surface area contributed by atoms with Crippen molar-refractivity contribution in [2.45, 2.75) is 6.54 Å². The number of nitrogens with zero attached hydrogens (tertiary/aromatic N) is 2. The van der Waals surface area contributed by atoms with Gasteiger partial charge in [-0.15, -0.1) is 0 Å². The standard InChI is InChI=1S/C13H10F2N2O/c14-11-6-5-10(12(15)9-11)3-2-8-17-13(18)4-1-7-16-17/h1-7,9H,8H2. The summed E-state index contributed by atoms with van der Waals surface area (Å²) in [6.45, 7) is 0.233. The molecular weight excluding hydrogens is 238 g/mol. The molecule has 92 valence electrons. The van der Waals surface area contributed by atoms with Gasteiger partial charge < -0.3 is 0 Å². The van der Waals surface area contributed by atoms with Crippen LogP contribution in [-0.2, 0) is 6.54 Å². The van der Waals surface area contributed by atoms with Gasteiger partial charge in [-0.2, -0.15) is 5.10 Å². The summed E-state index contributed by atoms with van der Waals surface area (Å²) in [6.07, 6.45) is 4.56. The Balaban J connectivity index is 2.13. The molecule has 0 fully saturated rings. The second-order valence-corrected chi connectivity index (χ2v) is 3.61. The smallest absolute Gasteiger partial charge is 0.267 e. The molecule has 0 saturated carbocycles. The molecule has 18 heavy (non-hydrogen) atoms. The second kappa shape index (κ2) is 5.35. The molecule has 0 saturated heterocycles. The van der Waals surface area contributed by atoms with Gasteiger partial charge in [0.2, 0.25) is 0 Å². The highest BCUT2D eigenvalue weighted by atomic mass is 19.1. The second-order valence-electron chi connectivity index (χ2n) is 3.61. The summed E-state index contributed by atoms with van der Waals surface area (Å²) in [4.78, 5) is 11.3. The molecule has 0 radical (unpaired) electrons. The predicted octanol–water partition coefficient (Wildman–Crippen LogP) is 2.23. The molecule has 0 spiro atoms. The SMILES string of the molecule is O=c1cccnn1CC=Cc1ccc(F)cc1F. The quantitative estimate of drug-likeness (QED) is 0.834. The van der Waals surface area contributed by atoms with E-state index in [1.807, 2.05) is 0 Å². The number of rotatable bonds is 3. The zero-order valence-corrected chi connectivity index (χ0v) is 9.38. The largest absolute Gasteiger partial charge is 0.268 e. The van der Waals surface area contributed by atoms with Gasteiger partial charge in [0.15, 0.2) is 0 Å². The monoisotopic (exact) mass is 248 g/mol. The van der Waals surface area contributed by atoms with E-state index in [4.69, 9.17) is 0 Å². The van der Waals surface area contributed by atoms with Crippen LogP contribution in [-0.4, -0.2) is 9.78 Å². The Labute approximate surface area is 102 Å². The van der Waals surface area contributed by atoms with E-state index < -0.39 is 11.6 Å². The van der Waals surface area contributed by atoms with Gasteiger partial charge in [-0.25, -0.2) is 13.5 Å². The minimum Gasteiger partial charge on any atom is -0.268 e. The van der Waals surface area contributed by atoms with Crippen molar-refractivity contribution >= 4 is 6.08 Å². The molecule has 0 bridgehead atoms. The predicted molar refractivity (Wildman–Crippen MR) is 63.9 cm³/mol. The summed E-state index contributed by atoms with van der Waals surface area (Å²) in [5.41, 5.74) is 0.0297. The lowest BCUT2D eigenvalue weighted by atomic mass is 10.2. The molecule has 0 atom stereocenters. The lowest BCUT2D eigenvalue weighted by molar-refractivity contribution is 0.581. The maximum Gasteiger partial charge on any atom is 0.267 e. The molecule has 0 N–H and O–H groups in total. The summed E-state index contributed by atoms with van der Waals surface area (Å²) < 4.78 is 27.2. The molecule has 2 rings (SSSR count). The van der Waals surface area contributed by atoms with Crippen LogP contribution in [0.25, 0.3) is 6.08 Å². The van der Waals surface area contributed by atoms with Crippen molar-refractivity contribution in [3.05, 3.63) is 70.2 Å². The minimum absolute atomic E-state index is 0.233. The first-order valence-electron chi connectivity index (χ1n) is 5.30. The molecular formula is C13H10F2N2O. The van der Waals surface area contributed by atoms with E-state index in [0.29, 0.717) is 0 Å². The minimum atomic E-state index is -0.639. The van der Waals surface area contributed by atoms with Crippen molar-refractivity contribution in [1.29, 1.82) is 0 Å². The van der Waals surface area contributed by atoms with Crippen LogP contribution in [0.2, 0.25) is 0 Å². The van der Waals surface area contributed by atoms with Gasteiger partial charge in [0.25, 0.3) is 5.56 Å². The molecule has 2 aromatic rings. The number of aromatic nitrogens is 2. The van der Waals surface area contributed by atoms with Gasteiger partial charge >= 0.3 is 0 Å². The number of benzene rings is 1. The third kappa shape index (κ3) is 2.88. The maximum atomic E-state index is 13.3. The summed E-state index contributed by atoms with van der Waals surface area (Å²) in [5.74, 6) is -1.26. The molecule has 0 aliphatic heterocycles. The fraction of sp³-hybridized carbons (Fsp3) is 0.0769. The van der Waals surface area contributed by atoms with E-state index in [1.54, 1.807) is 12.1 Å². The van der Waals surface area contributed by atoms with Gasteiger partial charge in [0.1, 0.15) is 11.6 Å². The molecule has 0 aliphatic rings. The number of hydrogen-bond acceptors (Lipinski definition) is 2. The third-order valence-electron chi connectivity index (χ3n) is 2.32. The Morgan fingerprint density at radius 3 is 2.83 bits per heavy atom. The molecule has 1 aromatic heterocycles. The normalized spacial score (nSPS) is 11.0. The Morgan fingerprint density at radius 1 is 1.28 bits per heavy atom. The number of hydrogen-bond donors (Lipinski definition) is 0. The summed E-state index contributed by atoms with van der Waals surface area (Å²) >= 11 is 0. The first-order chi connectivity index (χ1) is 8.66. The lowest BCUT2D eigenvalue weighted by Crippen LogP contribution is -2.20. The van der Waals surface area contributed by atoms with E-state index >= 15 is 0 Å². The van der Waals surface area contributed by atoms with E-state index in [0.717, 1.165) is 6.07 Å². The highest BCUT2D eigenvalue weighted by Crippen LogP contribution is 2.10. The van der Waals surface area contributed by atoms with Crippen LogP contribution in [0.4, 0.5) is 8.78 Å². The topological polar surface area (TPSA) is 34.9 Å². The molecule has 3 nitrogen and oxygen atoms in total. The zero-order valence-electron chi connectivity index (χ0n) is 9.38. The molecule has 1 aromatic carbocycles. The van der Waals surface area contributed by atoms with Crippen molar-refractivity contribution in [2.75, 3.05) is 0 Å². The van der Waals surface area contributed by atoms with Gasteiger partial charge in [0, 0.05) is 23.9 Å². The third-order valence-corrected chi connectivity index (χ3v) is 2.32. The van der Waals surface area contributed by atoms with Crippen LogP contribution in [0.1, 0.15) is 5.56 Å². The summed E-state index contributed by atoms with van der Waals surface area (Å²) in [6, 6.07) is 6.26. The highest BCUT2D eigenvalue weighted by Gasteiger charge is 1.99. The van der Waals surface area contributed by atoms with Gasteiger partial charge in [-0.3, -0.25) is 4.79 Å². The number of halogens is 2. The molecule has 1 heterocycles. The maximum absolute atomic E-state index is 13.3. The molecule has 5 heteroatoms. The van der Waals surface area contributed by atoms with Crippen molar-refractivity contribution < 1.29 is 8.78 Å². The van der Waals surface area contributed by atoms with Gasteiger partial charge in [0.05, 0.1) is 6.54 Å². The Bertz CT molecular complexity index is 635. The van der Waals surface area contributed by atoms with Crippen molar-refractivity contribution in [3.8, 4) is 0 Å². The lowest BCUT2D eigenvalue weighted by Gasteiger charge is -1.99. The van der Waals surface area contributed by atoms with Crippen molar-refractivity contribution in [3.63, 3.8) is 0 Å². The van der Waals surface area contributed by atoms with Crippen LogP contribution in [0.3, 0.4) is 0 Å². The average molecular weight is 248 g/mol. The summed E-state index contributed by atoms with van der Waals surface area (Å²) in [7, 11) is 0. The van der Waals surface area contributed by atoms with Crippen LogP contribution in [0.5, 0.6) is 0 Å². The first-order valence-corrected chi connectivity index (χ1v) is 5.30. The Morgan fingerprint density at radius 2 is 2.11 bits per heavy atom. The molecule has 0 amide bonds. The fourth-order valence-electron chi connectivity index (χ4n) is 1.44. The zero-order chi connectivity index (χ0) is 13.0. The van der Waals surface area contributed by atoms with Crippen LogP contribution in [0, 0.1) is 11.6 Å². The fourth-order valence-corrected chi connectivity index (χ4v) is 1.44. The average Bonchev–Trinajstić information content (AvgIpc) is 2.34. The van der Waals surface area contributed by atoms with Gasteiger partial charge in [-0.05, 0) is 18.2 Å². The van der Waals surface area contributed by atoms with E-state index in [2.05, 4.69) is 5.10 Å². The molecule has 0 unspecified atom stereocenters. The van der Waals surface area contributed by atoms with Crippen LogP contribution >= 0.6 is 0 Å². The highest BCUT2D eigenvalue weighted by molar-refractivity contribution is 5.49. The van der Waals surface area contributed by atoms with Gasteiger partial charge in [-0.1, -0.05) is 12.2 Å². The Hall–Kier alpha value is -2.30. The van der Waals surface area contributed by atoms with Crippen molar-refractivity contribution in [1.82, 2.24) is 9.78 Å². The van der Waals surface area contributed by atoms with Crippen molar-refractivity contribution in [2.24, 2.45) is 0 Å². The van der Waals surface area contributed by atoms with E-state index in [9.17, 15) is 13.6 Å².